The zero-order valence-corrected chi connectivity index (χ0v) is 46.9. The van der Waals surface area contributed by atoms with Gasteiger partial charge in [0.2, 0.25) is 41.4 Å². The lowest BCUT2D eigenvalue weighted by Gasteiger charge is -2.35. The fourth-order valence-corrected chi connectivity index (χ4v) is 10.6. The second kappa shape index (κ2) is 33.7. The second-order valence-electron chi connectivity index (χ2n) is 22.0. The smallest absolute Gasteiger partial charge is 0.248 e. The van der Waals surface area contributed by atoms with E-state index in [1.807, 2.05) is 0 Å². The number of hydrogen-bond acceptors (Lipinski definition) is 19. The molecule has 3 saturated heterocycles. The van der Waals surface area contributed by atoms with Gasteiger partial charge in [0.1, 0.15) is 60.4 Å². The highest BCUT2D eigenvalue weighted by Crippen LogP contribution is 2.27. The minimum Gasteiger partial charge on any atom is -0.508 e. The Labute approximate surface area is 468 Å². The Morgan fingerprint density at radius 3 is 1.99 bits per heavy atom. The van der Waals surface area contributed by atoms with Gasteiger partial charge in [-0.15, -0.1) is 0 Å². The van der Waals surface area contributed by atoms with E-state index in [2.05, 4.69) is 58.0 Å². The summed E-state index contributed by atoms with van der Waals surface area (Å²) < 4.78 is 0. The number of nitrogens with one attached hydrogen (secondary N) is 7. The van der Waals surface area contributed by atoms with Crippen molar-refractivity contribution in [1.82, 2.24) is 47.0 Å². The van der Waals surface area contributed by atoms with E-state index in [1.54, 1.807) is 0 Å². The van der Waals surface area contributed by atoms with Crippen LogP contribution in [-0.2, 0) is 33.6 Å². The van der Waals surface area contributed by atoms with Crippen LogP contribution in [0.2, 0.25) is 0 Å². The van der Waals surface area contributed by atoms with E-state index < -0.39 is 146 Å². The van der Waals surface area contributed by atoms with Gasteiger partial charge in [-0.3, -0.25) is 38.9 Å². The summed E-state index contributed by atoms with van der Waals surface area (Å²) in [7, 11) is 0. The molecule has 26 nitrogen and oxygen atoms in total. The fraction of sp³-hybridized carbons (Fsp3) is 0.759. The van der Waals surface area contributed by atoms with Crippen molar-refractivity contribution in [2.24, 2.45) is 23.3 Å². The average Bonchev–Trinajstić information content (AvgIpc) is 4.12. The topological polar surface area (TPSA) is 424 Å². The molecule has 19 N–H and O–H groups in total. The third kappa shape index (κ3) is 20.1. The molecule has 3 heterocycles. The SMILES string of the molecule is CCC(C)CC(C)CCCCCCCCC(=O)NC1C[C@@H](O)C(NCCNCCN)NC(=O)C2[C@@H](O)CCN2C(=O)C([C@H](O)CCN)NC(=O)C([C@H](O)[C@@H](O)c2ccc(O)cc2)NC(=O)C2C[C@@H](O)CN2C(=O)C([C@@H](C)O)NC1=O. The number of unbranched alkanes of at least 4 members (excludes halogenated alkanes) is 5. The second-order valence-corrected chi connectivity index (χ2v) is 22.0. The van der Waals surface area contributed by atoms with Crippen molar-refractivity contribution < 1.29 is 74.4 Å². The molecule has 16 atom stereocenters. The van der Waals surface area contributed by atoms with Gasteiger partial charge >= 0.3 is 0 Å². The summed E-state index contributed by atoms with van der Waals surface area (Å²) in [6, 6.07) is -6.40. The number of rotatable bonds is 26. The summed E-state index contributed by atoms with van der Waals surface area (Å²) in [5, 5.41) is 108. The summed E-state index contributed by atoms with van der Waals surface area (Å²) in [6.45, 7) is 7.80. The molecule has 1 aromatic carbocycles. The Kier molecular flexibility index (Phi) is 28.4. The Bertz CT molecular complexity index is 2130. The average molecular weight is 1140 g/mol. The van der Waals surface area contributed by atoms with E-state index in [1.165, 1.54) is 30.7 Å². The molecule has 0 spiro atoms. The first-order chi connectivity index (χ1) is 38.0. The number of aliphatic hydroxyl groups is 7. The van der Waals surface area contributed by atoms with Crippen LogP contribution >= 0.6 is 0 Å². The first-order valence-electron chi connectivity index (χ1n) is 28.5. The number of phenolic OH excluding ortho intramolecular Hbond substituents is 1. The predicted molar refractivity (Wildman–Crippen MR) is 293 cm³/mol. The number of aliphatic hydroxyl groups excluding tert-OH is 7. The highest BCUT2D eigenvalue weighted by atomic mass is 16.3. The lowest BCUT2D eigenvalue weighted by Crippen LogP contribution is -2.65. The number of nitrogens with two attached hydrogens (primary N) is 2. The number of phenols is 1. The van der Waals surface area contributed by atoms with Gasteiger partial charge < -0.3 is 94.0 Å². The Hall–Kier alpha value is -5.13. The molecule has 0 aromatic heterocycles. The monoisotopic (exact) mass is 1140 g/mol. The van der Waals surface area contributed by atoms with Crippen molar-refractivity contribution in [1.29, 1.82) is 0 Å². The van der Waals surface area contributed by atoms with Gasteiger partial charge in [0, 0.05) is 58.5 Å². The van der Waals surface area contributed by atoms with E-state index in [0.717, 1.165) is 55.2 Å². The molecule has 1 aromatic rings. The molecule has 0 bridgehead atoms. The van der Waals surface area contributed by atoms with Crippen molar-refractivity contribution in [2.75, 3.05) is 45.8 Å². The molecule has 3 aliphatic heterocycles. The molecule has 7 amide bonds. The van der Waals surface area contributed by atoms with E-state index in [-0.39, 0.29) is 63.3 Å². The fourth-order valence-electron chi connectivity index (χ4n) is 10.6. The zero-order valence-electron chi connectivity index (χ0n) is 46.9. The van der Waals surface area contributed by atoms with Gasteiger partial charge in [-0.05, 0) is 68.7 Å². The number of carbonyl (C=O) groups excluding carboxylic acids is 7. The molecule has 3 aliphatic rings. The van der Waals surface area contributed by atoms with Crippen LogP contribution in [0.1, 0.15) is 129 Å². The van der Waals surface area contributed by atoms with Gasteiger partial charge in [-0.25, -0.2) is 0 Å². The van der Waals surface area contributed by atoms with Crippen LogP contribution in [0.25, 0.3) is 0 Å². The summed E-state index contributed by atoms with van der Waals surface area (Å²) in [5.41, 5.74) is 11.4. The Balaban J connectivity index is 1.75. The maximum absolute atomic E-state index is 14.7. The minimum absolute atomic E-state index is 0.0261. The maximum Gasteiger partial charge on any atom is 0.248 e. The van der Waals surface area contributed by atoms with Crippen molar-refractivity contribution >= 4 is 41.4 Å². The highest BCUT2D eigenvalue weighted by molar-refractivity contribution is 5.98. The van der Waals surface area contributed by atoms with Gasteiger partial charge in [0.25, 0.3) is 0 Å². The molecule has 9 unspecified atom stereocenters. The van der Waals surface area contributed by atoms with Crippen molar-refractivity contribution in [3.05, 3.63) is 29.8 Å². The van der Waals surface area contributed by atoms with Crippen LogP contribution in [0.4, 0.5) is 0 Å². The zero-order chi connectivity index (χ0) is 59.2. The highest BCUT2D eigenvalue weighted by Gasteiger charge is 2.49. The number of fused-ring (bicyclic) bond motifs is 2. The third-order valence-corrected chi connectivity index (χ3v) is 15.4. The molecule has 0 aliphatic carbocycles. The van der Waals surface area contributed by atoms with Crippen LogP contribution in [-0.4, -0.2) is 217 Å². The summed E-state index contributed by atoms with van der Waals surface area (Å²) in [5.74, 6) is -6.41. The molecule has 454 valence electrons. The van der Waals surface area contributed by atoms with Gasteiger partial charge in [0.05, 0.1) is 30.5 Å². The standard InChI is InChI=1S/C54H93N11O15/c1-5-30(2)26-31(3)12-10-8-6-7-9-11-13-41(72)59-36-28-40(71)48(58-24-23-57-22-21-56)63-52(78)45-39(70)19-25-64(45)54(80)43(38(69)18-20-55)61-51(77)44(47(74)46(73)33-14-16-34(67)17-15-33)62-50(76)37-27-35(68)29-65(37)53(79)42(32(4)66)60-49(36)75/h14-17,30-32,35-40,42-48,57-58,66-71,73-74H,5-13,18-29,55-56H2,1-4H3,(H,59,72)(H,60,75)(H,61,77)(H,62,76)(H,63,78)/t30?,31?,32-,35-,36?,37?,38-,39+,40-,42?,43?,44?,45?,46+,47+,48?/m1/s1. The molecule has 4 rings (SSSR count). The molecule has 0 radical (unpaired) electrons. The number of hydrogen-bond donors (Lipinski definition) is 17. The summed E-state index contributed by atoms with van der Waals surface area (Å²) >= 11 is 0. The Morgan fingerprint density at radius 2 is 1.34 bits per heavy atom. The number of benzene rings is 1. The number of nitrogens with zero attached hydrogens (tertiary/aromatic N) is 2. The first kappa shape index (κ1) is 67.4. The van der Waals surface area contributed by atoms with Crippen LogP contribution < -0.4 is 48.7 Å². The molecule has 80 heavy (non-hydrogen) atoms. The molecular weight excluding hydrogens is 1040 g/mol. The maximum atomic E-state index is 14.7. The van der Waals surface area contributed by atoms with Crippen LogP contribution in [0.15, 0.2) is 24.3 Å². The van der Waals surface area contributed by atoms with E-state index in [0.29, 0.717) is 31.2 Å². The molecule has 26 heteroatoms. The summed E-state index contributed by atoms with van der Waals surface area (Å²) in [6.07, 6.45) is -6.96. The quantitative estimate of drug-likeness (QED) is 0.0397. The number of amides is 7. The molecule has 3 fully saturated rings. The molecule has 0 saturated carbocycles. The van der Waals surface area contributed by atoms with E-state index in [9.17, 15) is 74.4 Å². The number of aromatic hydroxyl groups is 1. The normalized spacial score (nSPS) is 28.0. The van der Waals surface area contributed by atoms with E-state index in [4.69, 9.17) is 11.5 Å². The lowest BCUT2D eigenvalue weighted by atomic mass is 9.91. The largest absolute Gasteiger partial charge is 0.508 e. The number of carbonyl (C=O) groups is 7. The lowest BCUT2D eigenvalue weighted by molar-refractivity contribution is -0.148. The van der Waals surface area contributed by atoms with Crippen LogP contribution in [0.5, 0.6) is 5.75 Å². The van der Waals surface area contributed by atoms with Gasteiger partial charge in [0.15, 0.2) is 0 Å². The molecular formula is C54H93N11O15. The Morgan fingerprint density at radius 1 is 0.700 bits per heavy atom. The van der Waals surface area contributed by atoms with Crippen LogP contribution in [0, 0.1) is 11.8 Å². The van der Waals surface area contributed by atoms with Gasteiger partial charge in [-0.2, -0.15) is 0 Å². The predicted octanol–water partition coefficient (Wildman–Crippen LogP) is -3.72. The van der Waals surface area contributed by atoms with Crippen molar-refractivity contribution in [2.45, 2.75) is 203 Å². The van der Waals surface area contributed by atoms with Crippen molar-refractivity contribution in [3.8, 4) is 5.75 Å². The first-order valence-corrected chi connectivity index (χ1v) is 28.5. The van der Waals surface area contributed by atoms with Gasteiger partial charge in [-0.1, -0.05) is 77.8 Å². The summed E-state index contributed by atoms with van der Waals surface area (Å²) in [4.78, 5) is 103. The van der Waals surface area contributed by atoms with E-state index >= 15 is 0 Å². The van der Waals surface area contributed by atoms with Crippen molar-refractivity contribution in [3.63, 3.8) is 0 Å². The van der Waals surface area contributed by atoms with Crippen LogP contribution in [0.3, 0.4) is 0 Å². The third-order valence-electron chi connectivity index (χ3n) is 15.4. The minimum atomic E-state index is -2.28.